The summed E-state index contributed by atoms with van der Waals surface area (Å²) in [7, 11) is 2.38. The van der Waals surface area contributed by atoms with Gasteiger partial charge in [-0.2, -0.15) is 0 Å². The fourth-order valence-corrected chi connectivity index (χ4v) is 4.68. The molecule has 0 saturated heterocycles. The van der Waals surface area contributed by atoms with E-state index in [-0.39, 0.29) is 0 Å². The van der Waals surface area contributed by atoms with E-state index >= 15 is 0 Å². The molecule has 0 aromatic heterocycles. The zero-order chi connectivity index (χ0) is 13.1. The summed E-state index contributed by atoms with van der Waals surface area (Å²) in [4.78, 5) is 0. The highest BCUT2D eigenvalue weighted by Crippen LogP contribution is 2.56. The fraction of sp³-hybridized carbons (Fsp3) is 1.00. The van der Waals surface area contributed by atoms with Crippen molar-refractivity contribution in [1.82, 2.24) is 0 Å². The standard InChI is InChI=1S/C17H32B/c1-16(10-5-4-6-11-16)17(2)12-7-8-15(9-13-17)14-18-3/h15H,4-14H2,1-3H3. The molecule has 2 aliphatic rings. The van der Waals surface area contributed by atoms with E-state index in [0.717, 1.165) is 5.92 Å². The molecule has 2 fully saturated rings. The quantitative estimate of drug-likeness (QED) is 0.442. The van der Waals surface area contributed by atoms with Crippen molar-refractivity contribution in [3.8, 4) is 0 Å². The van der Waals surface area contributed by atoms with E-state index in [4.69, 9.17) is 0 Å². The first-order valence-electron chi connectivity index (χ1n) is 8.37. The molecule has 1 heteroatoms. The number of rotatable bonds is 3. The molecule has 0 N–H and O–H groups in total. The van der Waals surface area contributed by atoms with E-state index < -0.39 is 0 Å². The van der Waals surface area contributed by atoms with E-state index in [1.165, 1.54) is 70.5 Å². The summed E-state index contributed by atoms with van der Waals surface area (Å²) in [5.41, 5.74) is 1.28. The normalized spacial score (nSPS) is 36.9. The molecule has 0 heterocycles. The highest BCUT2D eigenvalue weighted by Gasteiger charge is 2.44. The van der Waals surface area contributed by atoms with Crippen LogP contribution < -0.4 is 0 Å². The zero-order valence-electron chi connectivity index (χ0n) is 12.9. The molecule has 2 unspecified atom stereocenters. The molecule has 0 nitrogen and oxygen atoms in total. The maximum Gasteiger partial charge on any atom is 0.106 e. The topological polar surface area (TPSA) is 0 Å². The van der Waals surface area contributed by atoms with Crippen molar-refractivity contribution in [2.45, 2.75) is 91.2 Å². The van der Waals surface area contributed by atoms with Crippen LogP contribution in [0, 0.1) is 16.7 Å². The summed E-state index contributed by atoms with van der Waals surface area (Å²) in [5, 5.41) is 0. The first-order valence-corrected chi connectivity index (χ1v) is 8.37. The molecule has 2 aliphatic carbocycles. The van der Waals surface area contributed by atoms with Gasteiger partial charge in [-0.15, -0.1) is 0 Å². The van der Waals surface area contributed by atoms with Gasteiger partial charge in [0.2, 0.25) is 0 Å². The molecule has 0 aromatic rings. The van der Waals surface area contributed by atoms with Crippen LogP contribution in [0.4, 0.5) is 0 Å². The molecular weight excluding hydrogens is 215 g/mol. The average Bonchev–Trinajstić information content (AvgIpc) is 2.55. The van der Waals surface area contributed by atoms with E-state index in [1.807, 2.05) is 0 Å². The second-order valence-corrected chi connectivity index (χ2v) is 7.62. The lowest BCUT2D eigenvalue weighted by Gasteiger charge is -2.49. The van der Waals surface area contributed by atoms with Gasteiger partial charge in [-0.3, -0.25) is 0 Å². The summed E-state index contributed by atoms with van der Waals surface area (Å²) in [6, 6.07) is 0. The third-order valence-electron chi connectivity index (χ3n) is 6.43. The summed E-state index contributed by atoms with van der Waals surface area (Å²) >= 11 is 0. The lowest BCUT2D eigenvalue weighted by Crippen LogP contribution is -2.39. The van der Waals surface area contributed by atoms with Gasteiger partial charge in [0.05, 0.1) is 0 Å². The highest BCUT2D eigenvalue weighted by atomic mass is 14.5. The summed E-state index contributed by atoms with van der Waals surface area (Å²) in [5.74, 6) is 0.990. The molecule has 103 valence electrons. The van der Waals surface area contributed by atoms with Gasteiger partial charge in [0.1, 0.15) is 7.28 Å². The lowest BCUT2D eigenvalue weighted by molar-refractivity contribution is 0.0135. The van der Waals surface area contributed by atoms with Crippen molar-refractivity contribution in [1.29, 1.82) is 0 Å². The van der Waals surface area contributed by atoms with E-state index in [2.05, 4.69) is 28.0 Å². The van der Waals surface area contributed by atoms with Crippen LogP contribution in [0.15, 0.2) is 0 Å². The molecule has 1 radical (unpaired) electrons. The average molecular weight is 247 g/mol. The molecular formula is C17H32B. The van der Waals surface area contributed by atoms with E-state index in [1.54, 1.807) is 0 Å². The second-order valence-electron chi connectivity index (χ2n) is 7.62. The Balaban J connectivity index is 2.01. The van der Waals surface area contributed by atoms with Crippen LogP contribution in [0.25, 0.3) is 0 Å². The maximum atomic E-state index is 2.62. The van der Waals surface area contributed by atoms with Crippen LogP contribution >= 0.6 is 0 Å². The van der Waals surface area contributed by atoms with Crippen molar-refractivity contribution in [3.63, 3.8) is 0 Å². The summed E-state index contributed by atoms with van der Waals surface area (Å²) < 4.78 is 0. The number of hydrogen-bond acceptors (Lipinski definition) is 0. The SMILES string of the molecule is C[B]CC1CCCC(C)(C2(C)CCCCC2)CC1. The molecule has 2 rings (SSSR count). The molecule has 0 aliphatic heterocycles. The van der Waals surface area contributed by atoms with Crippen molar-refractivity contribution >= 4 is 7.28 Å². The van der Waals surface area contributed by atoms with Crippen molar-refractivity contribution < 1.29 is 0 Å². The Morgan fingerprint density at radius 2 is 1.44 bits per heavy atom. The van der Waals surface area contributed by atoms with Gasteiger partial charge >= 0.3 is 0 Å². The first kappa shape index (κ1) is 14.5. The molecule has 0 aromatic carbocycles. The molecule has 18 heavy (non-hydrogen) atoms. The van der Waals surface area contributed by atoms with E-state index in [0.29, 0.717) is 10.8 Å². The Morgan fingerprint density at radius 3 is 2.11 bits per heavy atom. The Bertz CT molecular complexity index is 254. The lowest BCUT2D eigenvalue weighted by atomic mass is 9.56. The van der Waals surface area contributed by atoms with Crippen molar-refractivity contribution in [2.75, 3.05) is 0 Å². The molecule has 0 bridgehead atoms. The van der Waals surface area contributed by atoms with Crippen LogP contribution in [0.1, 0.15) is 78.1 Å². The van der Waals surface area contributed by atoms with Crippen molar-refractivity contribution in [2.24, 2.45) is 16.7 Å². The fourth-order valence-electron chi connectivity index (χ4n) is 4.68. The van der Waals surface area contributed by atoms with Crippen LogP contribution in [0.3, 0.4) is 0 Å². The molecule has 2 saturated carbocycles. The third-order valence-corrected chi connectivity index (χ3v) is 6.43. The van der Waals surface area contributed by atoms with Crippen LogP contribution in [0.2, 0.25) is 13.1 Å². The largest absolute Gasteiger partial charge is 0.106 e. The maximum absolute atomic E-state index is 2.62. The van der Waals surface area contributed by atoms with Gasteiger partial charge in [-0.1, -0.05) is 65.5 Å². The summed E-state index contributed by atoms with van der Waals surface area (Å²) in [6.45, 7) is 7.46. The van der Waals surface area contributed by atoms with Crippen LogP contribution in [-0.4, -0.2) is 7.28 Å². The third kappa shape index (κ3) is 2.97. The molecule has 0 spiro atoms. The monoisotopic (exact) mass is 247 g/mol. The minimum Gasteiger partial charge on any atom is -0.0920 e. The predicted molar refractivity (Wildman–Crippen MR) is 82.3 cm³/mol. The first-order chi connectivity index (χ1) is 8.60. The van der Waals surface area contributed by atoms with Gasteiger partial charge in [-0.05, 0) is 42.4 Å². The molecule has 0 amide bonds. The minimum absolute atomic E-state index is 0.635. The minimum atomic E-state index is 0.635. The smallest absolute Gasteiger partial charge is 0.0920 e. The Hall–Kier alpha value is 0.0649. The highest BCUT2D eigenvalue weighted by molar-refractivity contribution is 6.33. The Morgan fingerprint density at radius 1 is 0.833 bits per heavy atom. The van der Waals surface area contributed by atoms with Gasteiger partial charge in [0, 0.05) is 0 Å². The zero-order valence-corrected chi connectivity index (χ0v) is 12.9. The van der Waals surface area contributed by atoms with Gasteiger partial charge in [-0.25, -0.2) is 0 Å². The summed E-state index contributed by atoms with van der Waals surface area (Å²) in [6.07, 6.45) is 16.2. The van der Waals surface area contributed by atoms with Crippen LogP contribution in [0.5, 0.6) is 0 Å². The molecule has 2 atom stereocenters. The van der Waals surface area contributed by atoms with E-state index in [9.17, 15) is 0 Å². The Labute approximate surface area is 116 Å². The van der Waals surface area contributed by atoms with Crippen molar-refractivity contribution in [3.05, 3.63) is 0 Å². The van der Waals surface area contributed by atoms with Crippen LogP contribution in [-0.2, 0) is 0 Å². The second kappa shape index (κ2) is 6.01. The number of hydrogen-bond donors (Lipinski definition) is 0. The predicted octanol–water partition coefficient (Wildman–Crippen LogP) is 5.71. The van der Waals surface area contributed by atoms with Gasteiger partial charge < -0.3 is 0 Å². The Kier molecular flexibility index (Phi) is 4.83. The van der Waals surface area contributed by atoms with Gasteiger partial charge in [0.15, 0.2) is 0 Å². The van der Waals surface area contributed by atoms with Gasteiger partial charge in [0.25, 0.3) is 0 Å².